The number of halogens is 3. The van der Waals surface area contributed by atoms with Gasteiger partial charge < -0.3 is 9.30 Å². The molecular formula is C15H10F3N5O. The van der Waals surface area contributed by atoms with Crippen LogP contribution in [0.15, 0.2) is 42.6 Å². The normalized spacial score (nSPS) is 11.2. The van der Waals surface area contributed by atoms with E-state index in [1.165, 1.54) is 12.1 Å². The van der Waals surface area contributed by atoms with Crippen LogP contribution >= 0.6 is 0 Å². The van der Waals surface area contributed by atoms with Gasteiger partial charge in [0.05, 0.1) is 5.69 Å². The van der Waals surface area contributed by atoms with Gasteiger partial charge >= 0.3 is 6.36 Å². The summed E-state index contributed by atoms with van der Waals surface area (Å²) in [6.45, 7) is 0.395. The van der Waals surface area contributed by atoms with Gasteiger partial charge in [0.15, 0.2) is 5.69 Å². The number of aromatic amines is 1. The number of nitriles is 1. The molecule has 0 aliphatic heterocycles. The summed E-state index contributed by atoms with van der Waals surface area (Å²) in [5.41, 5.74) is 2.03. The van der Waals surface area contributed by atoms with Gasteiger partial charge in [0.2, 0.25) is 0 Å². The van der Waals surface area contributed by atoms with Crippen molar-refractivity contribution in [3.8, 4) is 23.2 Å². The molecule has 0 saturated carbocycles. The Balaban J connectivity index is 1.81. The van der Waals surface area contributed by atoms with Crippen LogP contribution in [0.2, 0.25) is 0 Å². The quantitative estimate of drug-likeness (QED) is 0.796. The van der Waals surface area contributed by atoms with Crippen LogP contribution < -0.4 is 4.74 Å². The lowest BCUT2D eigenvalue weighted by Gasteiger charge is -2.11. The number of hydrogen-bond acceptors (Lipinski definition) is 4. The molecule has 122 valence electrons. The van der Waals surface area contributed by atoms with Crippen molar-refractivity contribution in [3.05, 3.63) is 53.9 Å². The largest absolute Gasteiger partial charge is 0.573 e. The first-order valence-electron chi connectivity index (χ1n) is 6.77. The van der Waals surface area contributed by atoms with Crippen LogP contribution in [0.3, 0.4) is 0 Å². The van der Waals surface area contributed by atoms with E-state index >= 15 is 0 Å². The van der Waals surface area contributed by atoms with Crippen molar-refractivity contribution in [2.75, 3.05) is 0 Å². The molecule has 1 N–H and O–H groups in total. The maximum absolute atomic E-state index is 12.2. The van der Waals surface area contributed by atoms with Crippen LogP contribution in [0.5, 0.6) is 5.75 Å². The number of rotatable bonds is 4. The summed E-state index contributed by atoms with van der Waals surface area (Å²) < 4.78 is 42.1. The molecule has 0 unspecified atom stereocenters. The van der Waals surface area contributed by atoms with Gasteiger partial charge in [-0.1, -0.05) is 12.1 Å². The molecular weight excluding hydrogens is 323 g/mol. The maximum Gasteiger partial charge on any atom is 0.573 e. The summed E-state index contributed by atoms with van der Waals surface area (Å²) in [5, 5.41) is 19.1. The maximum atomic E-state index is 12.2. The van der Waals surface area contributed by atoms with Crippen LogP contribution in [0.25, 0.3) is 11.4 Å². The van der Waals surface area contributed by atoms with Crippen molar-refractivity contribution in [2.24, 2.45) is 0 Å². The summed E-state index contributed by atoms with van der Waals surface area (Å²) in [7, 11) is 0. The highest BCUT2D eigenvalue weighted by Crippen LogP contribution is 2.24. The first-order valence-corrected chi connectivity index (χ1v) is 6.77. The van der Waals surface area contributed by atoms with E-state index in [0.717, 1.165) is 5.56 Å². The number of H-pyrrole nitrogens is 1. The van der Waals surface area contributed by atoms with E-state index in [2.05, 4.69) is 20.1 Å². The zero-order valence-corrected chi connectivity index (χ0v) is 12.1. The Morgan fingerprint density at radius 2 is 1.92 bits per heavy atom. The Bertz CT molecular complexity index is 874. The average Bonchev–Trinajstić information content (AvgIpc) is 3.15. The Labute approximate surface area is 134 Å². The van der Waals surface area contributed by atoms with E-state index in [0.29, 0.717) is 17.9 Å². The fraction of sp³-hybridized carbons (Fsp3) is 0.133. The molecule has 2 heterocycles. The number of benzene rings is 1. The van der Waals surface area contributed by atoms with Gasteiger partial charge in [-0.2, -0.15) is 15.6 Å². The third-order valence-corrected chi connectivity index (χ3v) is 3.24. The van der Waals surface area contributed by atoms with Crippen LogP contribution in [0, 0.1) is 11.3 Å². The molecule has 0 aliphatic carbocycles. The van der Waals surface area contributed by atoms with Crippen LogP contribution in [-0.4, -0.2) is 26.3 Å². The zero-order valence-electron chi connectivity index (χ0n) is 12.1. The second-order valence-corrected chi connectivity index (χ2v) is 4.85. The number of ether oxygens (including phenoxy) is 1. The number of hydrogen-bond donors (Lipinski definition) is 1. The highest BCUT2D eigenvalue weighted by atomic mass is 19.4. The number of nitrogens with zero attached hydrogens (tertiary/aromatic N) is 4. The van der Waals surface area contributed by atoms with E-state index < -0.39 is 6.36 Å². The lowest BCUT2D eigenvalue weighted by Crippen LogP contribution is -2.17. The summed E-state index contributed by atoms with van der Waals surface area (Å²) in [6, 6.07) is 11.1. The molecule has 3 rings (SSSR count). The van der Waals surface area contributed by atoms with Gasteiger partial charge in [0.1, 0.15) is 17.5 Å². The lowest BCUT2D eigenvalue weighted by atomic mass is 10.2. The summed E-state index contributed by atoms with van der Waals surface area (Å²) >= 11 is 0. The highest BCUT2D eigenvalue weighted by molar-refractivity contribution is 5.61. The molecule has 6 nitrogen and oxygen atoms in total. The minimum Gasteiger partial charge on any atom is -0.406 e. The standard InChI is InChI=1S/C15H10F3N5O/c16-15(17,18)24-11-5-3-10(4-6-11)9-23-7-1-2-13(23)14-12(8-19)20-22-21-14/h1-7H,9H2,(H,20,21,22). The molecule has 9 heteroatoms. The number of alkyl halides is 3. The Hall–Kier alpha value is -3.28. The number of aromatic nitrogens is 4. The van der Waals surface area contributed by atoms with Crippen molar-refractivity contribution in [1.82, 2.24) is 20.0 Å². The molecule has 0 spiro atoms. The smallest absolute Gasteiger partial charge is 0.406 e. The van der Waals surface area contributed by atoms with Crippen molar-refractivity contribution >= 4 is 0 Å². The third-order valence-electron chi connectivity index (χ3n) is 3.24. The lowest BCUT2D eigenvalue weighted by molar-refractivity contribution is -0.274. The van der Waals surface area contributed by atoms with Crippen LogP contribution in [0.4, 0.5) is 13.2 Å². The van der Waals surface area contributed by atoms with Gasteiger partial charge in [0, 0.05) is 12.7 Å². The van der Waals surface area contributed by atoms with E-state index in [1.807, 2.05) is 10.6 Å². The van der Waals surface area contributed by atoms with Gasteiger partial charge in [-0.15, -0.1) is 18.3 Å². The molecule has 0 bridgehead atoms. The van der Waals surface area contributed by atoms with Crippen LogP contribution in [-0.2, 0) is 6.54 Å². The zero-order chi connectivity index (χ0) is 17.2. The molecule has 0 fully saturated rings. The molecule has 1 aromatic carbocycles. The Morgan fingerprint density at radius 3 is 2.58 bits per heavy atom. The minimum atomic E-state index is -4.71. The van der Waals surface area contributed by atoms with E-state index in [9.17, 15) is 13.2 Å². The van der Waals surface area contributed by atoms with Crippen molar-refractivity contribution in [1.29, 1.82) is 5.26 Å². The molecule has 2 aromatic heterocycles. The number of nitrogens with one attached hydrogen (secondary N) is 1. The minimum absolute atomic E-state index is 0.170. The second-order valence-electron chi connectivity index (χ2n) is 4.85. The predicted octanol–water partition coefficient (Wildman–Crippen LogP) is 3.09. The molecule has 0 aliphatic rings. The Morgan fingerprint density at radius 1 is 1.17 bits per heavy atom. The molecule has 3 aromatic rings. The van der Waals surface area contributed by atoms with Gasteiger partial charge in [0.25, 0.3) is 0 Å². The van der Waals surface area contributed by atoms with E-state index in [4.69, 9.17) is 5.26 Å². The molecule has 0 radical (unpaired) electrons. The highest BCUT2D eigenvalue weighted by Gasteiger charge is 2.30. The Kier molecular flexibility index (Phi) is 3.95. The molecule has 0 amide bonds. The van der Waals surface area contributed by atoms with Crippen LogP contribution in [0.1, 0.15) is 11.3 Å². The summed E-state index contributed by atoms with van der Waals surface area (Å²) in [5.74, 6) is -0.276. The molecule has 0 saturated heterocycles. The van der Waals surface area contributed by atoms with E-state index in [1.54, 1.807) is 30.5 Å². The fourth-order valence-corrected chi connectivity index (χ4v) is 2.25. The molecule has 0 atom stereocenters. The van der Waals surface area contributed by atoms with Crippen molar-refractivity contribution in [3.63, 3.8) is 0 Å². The average molecular weight is 333 g/mol. The molecule has 24 heavy (non-hydrogen) atoms. The first kappa shape index (κ1) is 15.6. The topological polar surface area (TPSA) is 79.5 Å². The second kappa shape index (κ2) is 6.08. The van der Waals surface area contributed by atoms with Crippen molar-refractivity contribution in [2.45, 2.75) is 12.9 Å². The monoisotopic (exact) mass is 333 g/mol. The van der Waals surface area contributed by atoms with Gasteiger partial charge in [-0.25, -0.2) is 0 Å². The van der Waals surface area contributed by atoms with E-state index in [-0.39, 0.29) is 11.4 Å². The summed E-state index contributed by atoms with van der Waals surface area (Å²) in [4.78, 5) is 0. The van der Waals surface area contributed by atoms with Crippen molar-refractivity contribution < 1.29 is 17.9 Å². The third kappa shape index (κ3) is 3.38. The predicted molar refractivity (Wildman–Crippen MR) is 76.8 cm³/mol. The van der Waals surface area contributed by atoms with Gasteiger partial charge in [-0.05, 0) is 29.8 Å². The van der Waals surface area contributed by atoms with Gasteiger partial charge in [-0.3, -0.25) is 0 Å². The SMILES string of the molecule is N#Cc1n[nH]nc1-c1cccn1Cc1ccc(OC(F)(F)F)cc1. The fourth-order valence-electron chi connectivity index (χ4n) is 2.25. The first-order chi connectivity index (χ1) is 11.5. The summed E-state index contributed by atoms with van der Waals surface area (Å²) in [6.07, 6.45) is -2.93.